The van der Waals surface area contributed by atoms with Crippen LogP contribution in [0.15, 0.2) is 24.4 Å². The summed E-state index contributed by atoms with van der Waals surface area (Å²) in [6.45, 7) is 7.21. The molecule has 0 radical (unpaired) electrons. The van der Waals surface area contributed by atoms with Crippen molar-refractivity contribution in [1.82, 2.24) is 14.9 Å². The van der Waals surface area contributed by atoms with Gasteiger partial charge in [0.05, 0.1) is 18.4 Å². The van der Waals surface area contributed by atoms with Crippen molar-refractivity contribution in [1.29, 1.82) is 0 Å². The van der Waals surface area contributed by atoms with E-state index in [1.807, 2.05) is 6.20 Å². The predicted octanol–water partition coefficient (Wildman–Crippen LogP) is 2.27. The SMILES string of the molecule is Cc1cc(C)cc(-c2cnc3n2CCNC3)c1. The third-order valence-electron chi connectivity index (χ3n) is 3.25. The quantitative estimate of drug-likeness (QED) is 0.810. The van der Waals surface area contributed by atoms with Crippen LogP contribution in [0.1, 0.15) is 17.0 Å². The van der Waals surface area contributed by atoms with E-state index in [0.717, 1.165) is 25.5 Å². The molecule has 1 aromatic carbocycles. The van der Waals surface area contributed by atoms with Gasteiger partial charge in [0.1, 0.15) is 5.82 Å². The first kappa shape index (κ1) is 10.5. The number of benzene rings is 1. The van der Waals surface area contributed by atoms with E-state index in [0.29, 0.717) is 0 Å². The Hall–Kier alpha value is -1.61. The molecule has 3 rings (SSSR count). The molecule has 3 heteroatoms. The van der Waals surface area contributed by atoms with Crippen molar-refractivity contribution in [2.75, 3.05) is 6.54 Å². The standard InChI is InChI=1S/C14H17N3/c1-10-5-11(2)7-12(6-10)13-8-16-14-9-15-3-4-17(13)14/h5-8,15H,3-4,9H2,1-2H3. The van der Waals surface area contributed by atoms with Crippen molar-refractivity contribution < 1.29 is 0 Å². The second kappa shape index (κ2) is 4.00. The van der Waals surface area contributed by atoms with Crippen molar-refractivity contribution >= 4 is 0 Å². The molecule has 2 aromatic rings. The van der Waals surface area contributed by atoms with Crippen LogP contribution in [0.25, 0.3) is 11.3 Å². The Morgan fingerprint density at radius 1 is 1.18 bits per heavy atom. The number of hydrogen-bond acceptors (Lipinski definition) is 2. The Bertz CT molecular complexity index is 534. The van der Waals surface area contributed by atoms with Crippen LogP contribution in [0.2, 0.25) is 0 Å². The molecule has 2 heterocycles. The fourth-order valence-corrected chi connectivity index (χ4v) is 2.55. The largest absolute Gasteiger partial charge is 0.326 e. The van der Waals surface area contributed by atoms with E-state index in [9.17, 15) is 0 Å². The molecule has 0 saturated carbocycles. The average Bonchev–Trinajstić information content (AvgIpc) is 2.71. The molecule has 0 amide bonds. The van der Waals surface area contributed by atoms with Crippen molar-refractivity contribution in [2.24, 2.45) is 0 Å². The third kappa shape index (κ3) is 1.87. The lowest BCUT2D eigenvalue weighted by Gasteiger charge is -2.18. The molecule has 1 aliphatic heterocycles. The van der Waals surface area contributed by atoms with Gasteiger partial charge in [-0.2, -0.15) is 0 Å². The Morgan fingerprint density at radius 3 is 2.71 bits per heavy atom. The summed E-state index contributed by atoms with van der Waals surface area (Å²) >= 11 is 0. The highest BCUT2D eigenvalue weighted by Crippen LogP contribution is 2.24. The molecule has 0 atom stereocenters. The molecule has 1 N–H and O–H groups in total. The van der Waals surface area contributed by atoms with Crippen molar-refractivity contribution in [2.45, 2.75) is 26.9 Å². The summed E-state index contributed by atoms with van der Waals surface area (Å²) in [6, 6.07) is 6.68. The summed E-state index contributed by atoms with van der Waals surface area (Å²) in [7, 11) is 0. The molecular formula is C14H17N3. The maximum absolute atomic E-state index is 4.49. The van der Waals surface area contributed by atoms with E-state index >= 15 is 0 Å². The van der Waals surface area contributed by atoms with E-state index in [-0.39, 0.29) is 0 Å². The fourth-order valence-electron chi connectivity index (χ4n) is 2.55. The summed E-state index contributed by atoms with van der Waals surface area (Å²) in [5.74, 6) is 1.14. The number of fused-ring (bicyclic) bond motifs is 1. The summed E-state index contributed by atoms with van der Waals surface area (Å²) in [5.41, 5.74) is 5.14. The van der Waals surface area contributed by atoms with E-state index in [1.54, 1.807) is 0 Å². The van der Waals surface area contributed by atoms with Gasteiger partial charge in [-0.25, -0.2) is 4.98 Å². The van der Waals surface area contributed by atoms with Crippen LogP contribution in [0, 0.1) is 13.8 Å². The van der Waals surface area contributed by atoms with Gasteiger partial charge >= 0.3 is 0 Å². The zero-order valence-electron chi connectivity index (χ0n) is 10.3. The first-order chi connectivity index (χ1) is 8.24. The minimum absolute atomic E-state index is 0.880. The number of imidazole rings is 1. The topological polar surface area (TPSA) is 29.9 Å². The minimum atomic E-state index is 0.880. The number of nitrogens with zero attached hydrogens (tertiary/aromatic N) is 2. The van der Waals surface area contributed by atoms with Gasteiger partial charge in [0.2, 0.25) is 0 Å². The van der Waals surface area contributed by atoms with E-state index in [4.69, 9.17) is 0 Å². The molecule has 88 valence electrons. The molecule has 0 bridgehead atoms. The van der Waals surface area contributed by atoms with Crippen LogP contribution in [0.3, 0.4) is 0 Å². The molecule has 1 aliphatic rings. The summed E-state index contributed by atoms with van der Waals surface area (Å²) in [4.78, 5) is 4.49. The molecule has 0 fully saturated rings. The van der Waals surface area contributed by atoms with Crippen molar-refractivity contribution in [3.63, 3.8) is 0 Å². The van der Waals surface area contributed by atoms with Crippen LogP contribution in [-0.4, -0.2) is 16.1 Å². The van der Waals surface area contributed by atoms with Gasteiger partial charge in [0, 0.05) is 18.7 Å². The second-order valence-corrected chi connectivity index (χ2v) is 4.76. The lowest BCUT2D eigenvalue weighted by molar-refractivity contribution is 0.508. The van der Waals surface area contributed by atoms with Gasteiger partial charge in [-0.3, -0.25) is 0 Å². The molecule has 0 unspecified atom stereocenters. The van der Waals surface area contributed by atoms with Gasteiger partial charge < -0.3 is 9.88 Å². The zero-order valence-corrected chi connectivity index (χ0v) is 10.3. The number of hydrogen-bond donors (Lipinski definition) is 1. The predicted molar refractivity (Wildman–Crippen MR) is 68.8 cm³/mol. The van der Waals surface area contributed by atoms with Crippen molar-refractivity contribution in [3.8, 4) is 11.3 Å². The van der Waals surface area contributed by atoms with E-state index in [2.05, 4.69) is 46.9 Å². The van der Waals surface area contributed by atoms with Gasteiger partial charge in [0.25, 0.3) is 0 Å². The number of aromatic nitrogens is 2. The highest BCUT2D eigenvalue weighted by atomic mass is 15.2. The third-order valence-corrected chi connectivity index (χ3v) is 3.25. The molecule has 1 aromatic heterocycles. The Balaban J connectivity index is 2.11. The highest BCUT2D eigenvalue weighted by Gasteiger charge is 2.14. The van der Waals surface area contributed by atoms with Gasteiger partial charge in [0.15, 0.2) is 0 Å². The first-order valence-corrected chi connectivity index (χ1v) is 6.08. The van der Waals surface area contributed by atoms with E-state index in [1.165, 1.54) is 22.4 Å². The highest BCUT2D eigenvalue weighted by molar-refractivity contribution is 5.61. The molecule has 0 saturated heterocycles. The van der Waals surface area contributed by atoms with Crippen LogP contribution in [-0.2, 0) is 13.1 Å². The summed E-state index contributed by atoms with van der Waals surface area (Å²) < 4.78 is 2.32. The van der Waals surface area contributed by atoms with Gasteiger partial charge in [-0.15, -0.1) is 0 Å². The Morgan fingerprint density at radius 2 is 1.94 bits per heavy atom. The minimum Gasteiger partial charge on any atom is -0.326 e. The Kier molecular flexibility index (Phi) is 2.48. The maximum atomic E-state index is 4.49. The van der Waals surface area contributed by atoms with Gasteiger partial charge in [-0.1, -0.05) is 17.2 Å². The zero-order chi connectivity index (χ0) is 11.8. The number of nitrogens with one attached hydrogen (secondary N) is 1. The monoisotopic (exact) mass is 227 g/mol. The Labute approximate surface area is 101 Å². The molecule has 3 nitrogen and oxygen atoms in total. The molecular weight excluding hydrogens is 210 g/mol. The second-order valence-electron chi connectivity index (χ2n) is 4.76. The maximum Gasteiger partial charge on any atom is 0.123 e. The number of rotatable bonds is 1. The summed E-state index contributed by atoms with van der Waals surface area (Å²) in [5, 5.41) is 3.35. The smallest absolute Gasteiger partial charge is 0.123 e. The van der Waals surface area contributed by atoms with Crippen LogP contribution in [0.4, 0.5) is 0 Å². The molecule has 17 heavy (non-hydrogen) atoms. The van der Waals surface area contributed by atoms with Gasteiger partial charge in [-0.05, 0) is 26.0 Å². The fraction of sp³-hybridized carbons (Fsp3) is 0.357. The lowest BCUT2D eigenvalue weighted by Crippen LogP contribution is -2.28. The van der Waals surface area contributed by atoms with Crippen LogP contribution >= 0.6 is 0 Å². The van der Waals surface area contributed by atoms with E-state index < -0.39 is 0 Å². The molecule has 0 aliphatic carbocycles. The van der Waals surface area contributed by atoms with Crippen LogP contribution < -0.4 is 5.32 Å². The first-order valence-electron chi connectivity index (χ1n) is 6.08. The average molecular weight is 227 g/mol. The normalized spacial score (nSPS) is 14.7. The lowest BCUT2D eigenvalue weighted by atomic mass is 10.1. The van der Waals surface area contributed by atoms with Crippen LogP contribution in [0.5, 0.6) is 0 Å². The summed E-state index contributed by atoms with van der Waals surface area (Å²) in [6.07, 6.45) is 2.00. The number of aryl methyl sites for hydroxylation is 2. The van der Waals surface area contributed by atoms with Crippen molar-refractivity contribution in [3.05, 3.63) is 41.3 Å². The molecule has 0 spiro atoms.